The van der Waals surface area contributed by atoms with E-state index < -0.39 is 31.1 Å². The number of nitrogens with one attached hydrogen (secondary N) is 1. The van der Waals surface area contributed by atoms with E-state index in [0.717, 1.165) is 35.3 Å². The maximum atomic E-state index is 12.4. The fourth-order valence-electron chi connectivity index (χ4n) is 3.62. The summed E-state index contributed by atoms with van der Waals surface area (Å²) in [5.41, 5.74) is 2.61. The van der Waals surface area contributed by atoms with Gasteiger partial charge in [0.25, 0.3) is 5.91 Å². The van der Waals surface area contributed by atoms with Crippen molar-refractivity contribution in [2.75, 3.05) is 31.9 Å². The number of carbonyl (C=O) groups is 3. The largest absolute Gasteiger partial charge is 0.462 e. The number of rotatable bonds is 9. The van der Waals surface area contributed by atoms with E-state index in [2.05, 4.69) is 10.5 Å². The zero-order valence-electron chi connectivity index (χ0n) is 18.8. The van der Waals surface area contributed by atoms with Crippen molar-refractivity contribution in [3.8, 4) is 11.5 Å². The van der Waals surface area contributed by atoms with Gasteiger partial charge in [-0.25, -0.2) is 9.59 Å². The minimum absolute atomic E-state index is 0.170. The van der Waals surface area contributed by atoms with Crippen LogP contribution in [0.4, 0.5) is 5.00 Å². The average Bonchev–Trinajstić information content (AvgIpc) is 3.53. The van der Waals surface area contributed by atoms with Gasteiger partial charge < -0.3 is 29.1 Å². The molecule has 1 amide bonds. The van der Waals surface area contributed by atoms with E-state index in [-0.39, 0.29) is 13.4 Å². The normalized spacial score (nSPS) is 13.9. The van der Waals surface area contributed by atoms with Gasteiger partial charge in [0.1, 0.15) is 5.00 Å². The van der Waals surface area contributed by atoms with Crippen molar-refractivity contribution in [3.63, 3.8) is 0 Å². The molecule has 2 aliphatic rings. The number of benzene rings is 1. The third-order valence-corrected chi connectivity index (χ3v) is 6.40. The molecule has 0 radical (unpaired) electrons. The molecule has 1 aliphatic heterocycles. The Kier molecular flexibility index (Phi) is 7.31. The van der Waals surface area contributed by atoms with Crippen LogP contribution >= 0.6 is 11.3 Å². The molecule has 2 heterocycles. The Balaban J connectivity index is 1.26. The van der Waals surface area contributed by atoms with Crippen molar-refractivity contribution in [2.24, 2.45) is 5.16 Å². The summed E-state index contributed by atoms with van der Waals surface area (Å²) >= 11 is 1.36. The van der Waals surface area contributed by atoms with Crippen LogP contribution in [0.15, 0.2) is 23.4 Å². The molecule has 1 aliphatic carbocycles. The molecule has 0 saturated carbocycles. The first kappa shape index (κ1) is 23.6. The van der Waals surface area contributed by atoms with Crippen molar-refractivity contribution in [2.45, 2.75) is 33.1 Å². The first-order valence-corrected chi connectivity index (χ1v) is 11.6. The fourth-order valence-corrected chi connectivity index (χ4v) is 4.91. The molecule has 0 fully saturated rings. The summed E-state index contributed by atoms with van der Waals surface area (Å²) in [7, 11) is 0. The summed E-state index contributed by atoms with van der Waals surface area (Å²) in [6.07, 6.45) is 2.60. The molecule has 0 spiro atoms. The van der Waals surface area contributed by atoms with Gasteiger partial charge >= 0.3 is 11.9 Å². The predicted molar refractivity (Wildman–Crippen MR) is 123 cm³/mol. The van der Waals surface area contributed by atoms with Crippen LogP contribution < -0.4 is 14.8 Å². The number of hydrogen-bond acceptors (Lipinski definition) is 10. The first-order chi connectivity index (χ1) is 16.5. The number of ether oxygens (including phenoxy) is 4. The second-order valence-corrected chi connectivity index (χ2v) is 8.61. The molecule has 11 heteroatoms. The average molecular weight is 489 g/mol. The molecule has 1 aromatic carbocycles. The summed E-state index contributed by atoms with van der Waals surface area (Å²) in [6.45, 7) is 2.88. The van der Waals surface area contributed by atoms with Crippen molar-refractivity contribution < 1.29 is 38.2 Å². The summed E-state index contributed by atoms with van der Waals surface area (Å²) in [4.78, 5) is 42.7. The Morgan fingerprint density at radius 2 is 1.94 bits per heavy atom. The van der Waals surface area contributed by atoms with Gasteiger partial charge in [0.05, 0.1) is 17.9 Å². The lowest BCUT2D eigenvalue weighted by molar-refractivity contribution is -0.151. The van der Waals surface area contributed by atoms with E-state index in [0.29, 0.717) is 27.8 Å². The molecule has 0 bridgehead atoms. The van der Waals surface area contributed by atoms with Crippen LogP contribution in [-0.4, -0.2) is 50.2 Å². The summed E-state index contributed by atoms with van der Waals surface area (Å²) in [5.74, 6) is -0.505. The second kappa shape index (κ2) is 10.6. The highest BCUT2D eigenvalue weighted by atomic mass is 32.1. The lowest BCUT2D eigenvalue weighted by Gasteiger charge is -2.08. The Morgan fingerprint density at radius 1 is 1.12 bits per heavy atom. The van der Waals surface area contributed by atoms with Crippen LogP contribution in [0.2, 0.25) is 0 Å². The van der Waals surface area contributed by atoms with Gasteiger partial charge in [-0.2, -0.15) is 0 Å². The predicted octanol–water partition coefficient (Wildman–Crippen LogP) is 3.06. The Morgan fingerprint density at radius 3 is 2.76 bits per heavy atom. The number of thiophene rings is 1. The highest BCUT2D eigenvalue weighted by Crippen LogP contribution is 2.39. The van der Waals surface area contributed by atoms with Gasteiger partial charge in [0.15, 0.2) is 18.1 Å². The smallest absolute Gasteiger partial charge is 0.347 e. The van der Waals surface area contributed by atoms with Gasteiger partial charge in [0.2, 0.25) is 13.4 Å². The molecular formula is C23H24N2O8S. The Bertz CT molecular complexity index is 1140. The SMILES string of the molecule is CCOC(=O)c1c(NC(=O)COC(=O)CO/N=C(\C)c2ccc3c(c2)OCO3)sc2c1CCC2. The molecular weight excluding hydrogens is 464 g/mol. The van der Waals surface area contributed by atoms with Crippen LogP contribution in [0.25, 0.3) is 0 Å². The lowest BCUT2D eigenvalue weighted by atomic mass is 10.1. The number of nitrogens with zero attached hydrogens (tertiary/aromatic N) is 1. The standard InChI is InChI=1S/C23H24N2O8S/c1-3-29-23(28)21-15-5-4-6-18(15)34-22(21)24-19(26)10-30-20(27)11-33-25-13(2)14-7-8-16-17(9-14)32-12-31-16/h7-9H,3-6,10-12H2,1-2H3,(H,24,26)/b25-13+. The van der Waals surface area contributed by atoms with E-state index in [1.54, 1.807) is 32.0 Å². The zero-order chi connectivity index (χ0) is 24.1. The molecule has 10 nitrogen and oxygen atoms in total. The van der Waals surface area contributed by atoms with E-state index in [1.807, 2.05) is 0 Å². The molecule has 34 heavy (non-hydrogen) atoms. The molecule has 0 atom stereocenters. The van der Waals surface area contributed by atoms with Gasteiger partial charge in [-0.1, -0.05) is 5.16 Å². The van der Waals surface area contributed by atoms with Crippen molar-refractivity contribution >= 4 is 39.9 Å². The Labute approximate surface area is 199 Å². The number of carbonyl (C=O) groups excluding carboxylic acids is 3. The maximum Gasteiger partial charge on any atom is 0.347 e. The number of amides is 1. The quantitative estimate of drug-likeness (QED) is 0.325. The highest BCUT2D eigenvalue weighted by Gasteiger charge is 2.28. The van der Waals surface area contributed by atoms with Gasteiger partial charge in [-0.3, -0.25) is 4.79 Å². The van der Waals surface area contributed by atoms with Gasteiger partial charge in [-0.15, -0.1) is 11.3 Å². The van der Waals surface area contributed by atoms with Crippen LogP contribution in [0.3, 0.4) is 0 Å². The summed E-state index contributed by atoms with van der Waals surface area (Å²) < 4.78 is 20.7. The van der Waals surface area contributed by atoms with Gasteiger partial charge in [-0.05, 0) is 56.9 Å². The van der Waals surface area contributed by atoms with Crippen LogP contribution in [0.1, 0.15) is 46.6 Å². The molecule has 2 aromatic rings. The molecule has 0 unspecified atom stereocenters. The molecule has 0 saturated heterocycles. The maximum absolute atomic E-state index is 12.4. The van der Waals surface area contributed by atoms with E-state index in [4.69, 9.17) is 23.8 Å². The van der Waals surface area contributed by atoms with Crippen molar-refractivity contribution in [3.05, 3.63) is 39.8 Å². The Hall–Kier alpha value is -3.60. The monoisotopic (exact) mass is 488 g/mol. The molecule has 4 rings (SSSR count). The summed E-state index contributed by atoms with van der Waals surface area (Å²) in [5, 5.41) is 6.98. The van der Waals surface area contributed by atoms with Crippen molar-refractivity contribution in [1.82, 2.24) is 0 Å². The fraction of sp³-hybridized carbons (Fsp3) is 0.391. The number of aryl methyl sites for hydroxylation is 1. The number of hydrogen-bond donors (Lipinski definition) is 1. The lowest BCUT2D eigenvalue weighted by Crippen LogP contribution is -2.23. The molecule has 1 aromatic heterocycles. The molecule has 180 valence electrons. The first-order valence-electron chi connectivity index (χ1n) is 10.8. The third kappa shape index (κ3) is 5.30. The number of esters is 2. The van der Waals surface area contributed by atoms with Crippen LogP contribution in [-0.2, 0) is 36.7 Å². The number of anilines is 1. The third-order valence-electron chi connectivity index (χ3n) is 5.19. The van der Waals surface area contributed by atoms with Crippen LogP contribution in [0.5, 0.6) is 11.5 Å². The number of oxime groups is 1. The second-order valence-electron chi connectivity index (χ2n) is 7.51. The topological polar surface area (TPSA) is 122 Å². The minimum Gasteiger partial charge on any atom is -0.462 e. The minimum atomic E-state index is -0.753. The van der Waals surface area contributed by atoms with Crippen LogP contribution in [0, 0.1) is 0 Å². The van der Waals surface area contributed by atoms with Crippen molar-refractivity contribution in [1.29, 1.82) is 0 Å². The van der Waals surface area contributed by atoms with Gasteiger partial charge in [0, 0.05) is 10.4 Å². The van der Waals surface area contributed by atoms with E-state index in [1.165, 1.54) is 11.3 Å². The summed E-state index contributed by atoms with van der Waals surface area (Å²) in [6, 6.07) is 5.32. The number of fused-ring (bicyclic) bond motifs is 2. The molecule has 1 N–H and O–H groups in total. The highest BCUT2D eigenvalue weighted by molar-refractivity contribution is 7.17. The van der Waals surface area contributed by atoms with E-state index >= 15 is 0 Å². The zero-order valence-corrected chi connectivity index (χ0v) is 19.6. The van der Waals surface area contributed by atoms with E-state index in [9.17, 15) is 14.4 Å².